The van der Waals surface area contributed by atoms with Gasteiger partial charge in [-0.25, -0.2) is 4.79 Å². The van der Waals surface area contributed by atoms with Gasteiger partial charge in [0.2, 0.25) is 41.4 Å². The molecule has 0 saturated carbocycles. The summed E-state index contributed by atoms with van der Waals surface area (Å²) in [5, 5.41) is 44.3. The molecular weight excluding hydrogens is 877 g/mol. The van der Waals surface area contributed by atoms with Crippen LogP contribution in [0.25, 0.3) is 0 Å². The van der Waals surface area contributed by atoms with E-state index in [1.54, 1.807) is 44.2 Å². The number of nitrogens with two attached hydrogens (primary N) is 4. The number of likely N-dealkylation sites (tertiary alicyclic amines) is 1. The fourth-order valence-corrected chi connectivity index (χ4v) is 7.20. The second-order valence-electron chi connectivity index (χ2n) is 16.9. The topological polar surface area (TPSA) is 406 Å². The molecule has 24 heteroatoms. The summed E-state index contributed by atoms with van der Waals surface area (Å²) >= 11 is 0. The zero-order chi connectivity index (χ0) is 50.2. The predicted octanol–water partition coefficient (Wildman–Crippen LogP) is -3.35. The predicted molar refractivity (Wildman–Crippen MR) is 244 cm³/mol. The van der Waals surface area contributed by atoms with Crippen LogP contribution in [0.15, 0.2) is 35.3 Å². The van der Waals surface area contributed by atoms with E-state index in [1.807, 2.05) is 0 Å². The Bertz CT molecular complexity index is 1860. The van der Waals surface area contributed by atoms with Gasteiger partial charge < -0.3 is 75.1 Å². The molecule has 7 amide bonds. The van der Waals surface area contributed by atoms with Gasteiger partial charge in [0.05, 0.1) is 18.7 Å². The van der Waals surface area contributed by atoms with Gasteiger partial charge in [-0.1, -0.05) is 44.2 Å². The number of carbonyl (C=O) groups excluding carboxylic acids is 7. The highest BCUT2D eigenvalue weighted by atomic mass is 16.4. The number of aliphatic carboxylic acids is 2. The Balaban J connectivity index is 2.26. The Kier molecular flexibility index (Phi) is 24.8. The summed E-state index contributed by atoms with van der Waals surface area (Å²) in [5.74, 6) is -8.33. The lowest BCUT2D eigenvalue weighted by molar-refractivity contribution is -0.143. The molecule has 24 nitrogen and oxygen atoms in total. The van der Waals surface area contributed by atoms with Gasteiger partial charge in [0.25, 0.3) is 0 Å². The van der Waals surface area contributed by atoms with E-state index in [-0.39, 0.29) is 82.9 Å². The molecule has 8 atom stereocenters. The van der Waals surface area contributed by atoms with Gasteiger partial charge >= 0.3 is 11.9 Å². The molecule has 1 saturated heterocycles. The van der Waals surface area contributed by atoms with Crippen molar-refractivity contribution in [2.24, 2.45) is 33.8 Å². The van der Waals surface area contributed by atoms with Crippen molar-refractivity contribution in [3.63, 3.8) is 0 Å². The number of unbranched alkanes of at least 4 members (excludes halogenated alkanes) is 1. The molecular formula is C43H70N12O12. The molecule has 17 N–H and O–H groups in total. The number of carboxylic acids is 2. The maximum atomic E-state index is 14.0. The quantitative estimate of drug-likeness (QED) is 0.0204. The smallest absolute Gasteiger partial charge is 0.326 e. The van der Waals surface area contributed by atoms with Gasteiger partial charge in [-0.15, -0.1) is 0 Å². The third-order valence-corrected chi connectivity index (χ3v) is 10.7. The summed E-state index contributed by atoms with van der Waals surface area (Å²) < 4.78 is 0. The number of aliphatic imine (C=N–C) groups is 1. The monoisotopic (exact) mass is 947 g/mol. The second-order valence-corrected chi connectivity index (χ2v) is 16.9. The Labute approximate surface area is 389 Å². The van der Waals surface area contributed by atoms with Crippen LogP contribution in [0.5, 0.6) is 0 Å². The minimum Gasteiger partial charge on any atom is -0.481 e. The van der Waals surface area contributed by atoms with Crippen molar-refractivity contribution in [3.05, 3.63) is 35.9 Å². The van der Waals surface area contributed by atoms with E-state index in [2.05, 4.69) is 36.9 Å². The number of nitrogens with one attached hydrogen (secondary N) is 6. The highest BCUT2D eigenvalue weighted by molar-refractivity contribution is 5.97. The third kappa shape index (κ3) is 20.8. The number of aliphatic hydroxyl groups is 1. The van der Waals surface area contributed by atoms with Crippen LogP contribution in [0.1, 0.15) is 90.5 Å². The summed E-state index contributed by atoms with van der Waals surface area (Å²) in [6.45, 7) is 4.57. The largest absolute Gasteiger partial charge is 0.481 e. The Hall–Kier alpha value is -6.40. The normalized spacial score (nSPS) is 16.5. The number of guanidine groups is 1. The summed E-state index contributed by atoms with van der Waals surface area (Å²) in [6.07, 6.45) is -0.295. The molecule has 0 bridgehead atoms. The number of hydrogen-bond acceptors (Lipinski definition) is 13. The van der Waals surface area contributed by atoms with Crippen LogP contribution in [0.4, 0.5) is 0 Å². The van der Waals surface area contributed by atoms with Crippen molar-refractivity contribution in [2.45, 2.75) is 140 Å². The van der Waals surface area contributed by atoms with E-state index in [1.165, 1.54) is 11.8 Å². The number of hydrogen-bond donors (Lipinski definition) is 13. The summed E-state index contributed by atoms with van der Waals surface area (Å²) in [7, 11) is 0. The number of benzene rings is 1. The average molecular weight is 947 g/mol. The summed E-state index contributed by atoms with van der Waals surface area (Å²) in [5.41, 5.74) is 23.2. The lowest BCUT2D eigenvalue weighted by Crippen LogP contribution is -2.59. The minimum atomic E-state index is -1.58. The number of aliphatic hydroxyl groups excluding tert-OH is 1. The van der Waals surface area contributed by atoms with Gasteiger partial charge in [0.15, 0.2) is 5.96 Å². The maximum absolute atomic E-state index is 14.0. The van der Waals surface area contributed by atoms with Gasteiger partial charge in [-0.05, 0) is 82.7 Å². The minimum absolute atomic E-state index is 0.0340. The van der Waals surface area contributed by atoms with E-state index in [9.17, 15) is 53.4 Å². The average Bonchev–Trinajstić information content (AvgIpc) is 3.76. The number of carbonyl (C=O) groups is 9. The molecule has 67 heavy (non-hydrogen) atoms. The zero-order valence-corrected chi connectivity index (χ0v) is 38.4. The van der Waals surface area contributed by atoms with Crippen LogP contribution in [-0.2, 0) is 49.6 Å². The van der Waals surface area contributed by atoms with Crippen LogP contribution in [-0.4, -0.2) is 154 Å². The van der Waals surface area contributed by atoms with Crippen molar-refractivity contribution in [1.29, 1.82) is 0 Å². The SMILES string of the molecule is CC(C)C[C@H](NC(=O)[C@H](Cc1ccccc1)NC(=O)[C@H](CCCN=C(N)N)NC(=O)[C@H](CCCCN)NC(=O)CNC(=O)[C@@H](NC(=O)[C@@H]1CCCN1C(=O)[C@@H](N)CCC(=O)O)[C@@H](C)O)C(=O)O. The molecule has 0 spiro atoms. The lowest BCUT2D eigenvalue weighted by atomic mass is 10.0. The van der Waals surface area contributed by atoms with Crippen LogP contribution in [0.2, 0.25) is 0 Å². The van der Waals surface area contributed by atoms with Crippen molar-refractivity contribution in [3.8, 4) is 0 Å². The number of nitrogens with zero attached hydrogens (tertiary/aromatic N) is 2. The van der Waals surface area contributed by atoms with Crippen molar-refractivity contribution < 1.29 is 58.5 Å². The van der Waals surface area contributed by atoms with Gasteiger partial charge in [-0.2, -0.15) is 0 Å². The molecule has 0 unspecified atom stereocenters. The first-order valence-corrected chi connectivity index (χ1v) is 22.4. The fourth-order valence-electron chi connectivity index (χ4n) is 7.20. The zero-order valence-electron chi connectivity index (χ0n) is 38.4. The molecule has 2 rings (SSSR count). The van der Waals surface area contributed by atoms with Crippen LogP contribution in [0.3, 0.4) is 0 Å². The van der Waals surface area contributed by atoms with Crippen LogP contribution in [0, 0.1) is 5.92 Å². The maximum Gasteiger partial charge on any atom is 0.326 e. The third-order valence-electron chi connectivity index (χ3n) is 10.7. The first-order chi connectivity index (χ1) is 31.6. The number of amides is 7. The number of carboxylic acid groups (broad SMARTS) is 2. The van der Waals surface area contributed by atoms with E-state index >= 15 is 0 Å². The number of rotatable bonds is 30. The molecule has 1 aromatic carbocycles. The molecule has 0 aromatic heterocycles. The van der Waals surface area contributed by atoms with Gasteiger partial charge in [-0.3, -0.25) is 43.3 Å². The Morgan fingerprint density at radius 3 is 1.96 bits per heavy atom. The molecule has 1 aliphatic heterocycles. The molecule has 1 aromatic rings. The van der Waals surface area contributed by atoms with Gasteiger partial charge in [0, 0.05) is 25.9 Å². The molecule has 1 aliphatic rings. The summed E-state index contributed by atoms with van der Waals surface area (Å²) in [6, 6.07) is -0.288. The molecule has 0 aliphatic carbocycles. The van der Waals surface area contributed by atoms with Crippen molar-refractivity contribution in [1.82, 2.24) is 36.8 Å². The van der Waals surface area contributed by atoms with E-state index in [0.29, 0.717) is 24.8 Å². The van der Waals surface area contributed by atoms with Crippen LogP contribution < -0.4 is 54.8 Å². The Morgan fingerprint density at radius 2 is 1.37 bits per heavy atom. The highest BCUT2D eigenvalue weighted by Gasteiger charge is 2.39. The van der Waals surface area contributed by atoms with E-state index < -0.39 is 108 Å². The van der Waals surface area contributed by atoms with E-state index in [4.69, 9.17) is 28.0 Å². The second kappa shape index (κ2) is 29.3. The van der Waals surface area contributed by atoms with Crippen LogP contribution >= 0.6 is 0 Å². The highest BCUT2D eigenvalue weighted by Crippen LogP contribution is 2.20. The molecule has 1 fully saturated rings. The van der Waals surface area contributed by atoms with E-state index in [0.717, 1.165) is 0 Å². The summed E-state index contributed by atoms with van der Waals surface area (Å²) in [4.78, 5) is 123. The standard InChI is InChI=1S/C43H70N12O12/c1-24(2)21-31(42(66)67)53-38(62)30(22-26-11-5-4-6-12-26)52-37(61)29(14-9-19-48-43(46)47)51-36(60)28(13-7-8-18-44)50-33(57)23-49-40(64)35(25(3)56)54-39(63)32-15-10-20-55(32)41(65)27(45)16-17-34(58)59/h4-6,11-12,24-25,27-32,35,56H,7-10,13-23,44-45H2,1-3H3,(H,49,64)(H,50,57)(H,51,60)(H,52,61)(H,53,62)(H,54,63)(H,58,59)(H,66,67)(H4,46,47,48)/t25-,27+,28+,29+,30+,31+,32+,35+/m1/s1. The first kappa shape index (κ1) is 56.7. The molecule has 374 valence electrons. The molecule has 1 heterocycles. The van der Waals surface area contributed by atoms with Crippen molar-refractivity contribution >= 4 is 59.2 Å². The fraction of sp³-hybridized carbons (Fsp3) is 0.628. The van der Waals surface area contributed by atoms with Crippen molar-refractivity contribution in [2.75, 3.05) is 26.2 Å². The lowest BCUT2D eigenvalue weighted by Gasteiger charge is -2.29. The Morgan fingerprint density at radius 1 is 0.776 bits per heavy atom. The van der Waals surface area contributed by atoms with Gasteiger partial charge in [0.1, 0.15) is 36.3 Å². The first-order valence-electron chi connectivity index (χ1n) is 22.4. The molecule has 0 radical (unpaired) electrons.